The third-order valence-electron chi connectivity index (χ3n) is 3.44. The Kier molecular flexibility index (Phi) is 5.02. The van der Waals surface area contributed by atoms with Crippen LogP contribution >= 0.6 is 0 Å². The predicted octanol–water partition coefficient (Wildman–Crippen LogP) is 4.31. The Morgan fingerprint density at radius 1 is 1.05 bits per heavy atom. The monoisotopic (exact) mass is 293 g/mol. The molecular formula is C17H18F3N. The maximum Gasteiger partial charge on any atom is 0.162 e. The maximum atomic E-state index is 14.1. The molecule has 1 atom stereocenters. The average Bonchev–Trinajstić information content (AvgIpc) is 2.43. The molecule has 2 aromatic rings. The lowest BCUT2D eigenvalue weighted by Crippen LogP contribution is -2.24. The first-order valence-corrected chi connectivity index (χ1v) is 6.95. The number of aryl methyl sites for hydroxylation is 1. The third-order valence-corrected chi connectivity index (χ3v) is 3.44. The minimum absolute atomic E-state index is 0.192. The van der Waals surface area contributed by atoms with Crippen LogP contribution in [0, 0.1) is 24.4 Å². The quantitative estimate of drug-likeness (QED) is 0.866. The Hall–Kier alpha value is -1.81. The zero-order chi connectivity index (χ0) is 15.4. The van der Waals surface area contributed by atoms with Crippen LogP contribution in [0.5, 0.6) is 0 Å². The maximum absolute atomic E-state index is 14.1. The fourth-order valence-corrected chi connectivity index (χ4v) is 2.38. The van der Waals surface area contributed by atoms with Gasteiger partial charge < -0.3 is 5.32 Å². The topological polar surface area (TPSA) is 12.0 Å². The lowest BCUT2D eigenvalue weighted by molar-refractivity contribution is 0.472. The van der Waals surface area contributed by atoms with Crippen LogP contribution in [0.15, 0.2) is 36.4 Å². The van der Waals surface area contributed by atoms with Gasteiger partial charge in [-0.05, 0) is 43.1 Å². The summed E-state index contributed by atoms with van der Waals surface area (Å²) >= 11 is 0. The summed E-state index contributed by atoms with van der Waals surface area (Å²) in [5.41, 5.74) is 1.52. The van der Waals surface area contributed by atoms with Gasteiger partial charge in [0.05, 0.1) is 0 Å². The molecule has 2 aromatic carbocycles. The summed E-state index contributed by atoms with van der Waals surface area (Å²) in [6.45, 7) is 4.30. The molecule has 0 saturated carbocycles. The molecule has 1 N–H and O–H groups in total. The molecule has 1 nitrogen and oxygen atoms in total. The Labute approximate surface area is 122 Å². The molecule has 0 heterocycles. The average molecular weight is 293 g/mol. The molecule has 1 unspecified atom stereocenters. The summed E-state index contributed by atoms with van der Waals surface area (Å²) in [6.07, 6.45) is 0.192. The van der Waals surface area contributed by atoms with Crippen molar-refractivity contribution in [3.8, 4) is 0 Å². The lowest BCUT2D eigenvalue weighted by Gasteiger charge is -2.20. The summed E-state index contributed by atoms with van der Waals surface area (Å²) in [5, 5.41) is 3.13. The largest absolute Gasteiger partial charge is 0.310 e. The number of rotatable bonds is 5. The number of hydrogen-bond acceptors (Lipinski definition) is 1. The molecule has 112 valence electrons. The SMILES string of the molecule is CCNC(Cc1cccc(F)c1F)c1ccc(C)cc1F. The van der Waals surface area contributed by atoms with E-state index in [1.807, 2.05) is 13.0 Å². The second-order valence-electron chi connectivity index (χ2n) is 5.05. The van der Waals surface area contributed by atoms with Crippen molar-refractivity contribution in [1.29, 1.82) is 0 Å². The Balaban J connectivity index is 2.33. The highest BCUT2D eigenvalue weighted by Crippen LogP contribution is 2.24. The molecular weight excluding hydrogens is 275 g/mol. The zero-order valence-electron chi connectivity index (χ0n) is 12.1. The van der Waals surface area contributed by atoms with E-state index in [1.165, 1.54) is 18.2 Å². The summed E-state index contributed by atoms with van der Waals surface area (Å²) < 4.78 is 41.2. The van der Waals surface area contributed by atoms with E-state index in [0.29, 0.717) is 12.1 Å². The van der Waals surface area contributed by atoms with E-state index in [0.717, 1.165) is 11.6 Å². The molecule has 0 saturated heterocycles. The van der Waals surface area contributed by atoms with Crippen molar-refractivity contribution < 1.29 is 13.2 Å². The molecule has 0 aliphatic heterocycles. The van der Waals surface area contributed by atoms with E-state index in [-0.39, 0.29) is 17.8 Å². The van der Waals surface area contributed by atoms with Gasteiger partial charge in [-0.25, -0.2) is 13.2 Å². The number of halogens is 3. The van der Waals surface area contributed by atoms with Crippen molar-refractivity contribution in [2.45, 2.75) is 26.3 Å². The van der Waals surface area contributed by atoms with Gasteiger partial charge >= 0.3 is 0 Å². The van der Waals surface area contributed by atoms with Gasteiger partial charge in [-0.1, -0.05) is 31.2 Å². The van der Waals surface area contributed by atoms with Crippen LogP contribution in [0.1, 0.15) is 29.7 Å². The van der Waals surface area contributed by atoms with E-state index in [4.69, 9.17) is 0 Å². The molecule has 0 fully saturated rings. The van der Waals surface area contributed by atoms with E-state index in [9.17, 15) is 13.2 Å². The van der Waals surface area contributed by atoms with Crippen LogP contribution in [0.3, 0.4) is 0 Å². The van der Waals surface area contributed by atoms with E-state index in [2.05, 4.69) is 5.32 Å². The van der Waals surface area contributed by atoms with Gasteiger partial charge in [-0.3, -0.25) is 0 Å². The highest BCUT2D eigenvalue weighted by molar-refractivity contribution is 5.29. The number of hydrogen-bond donors (Lipinski definition) is 1. The molecule has 0 aliphatic rings. The number of nitrogens with one attached hydrogen (secondary N) is 1. The van der Waals surface area contributed by atoms with Crippen molar-refractivity contribution >= 4 is 0 Å². The first kappa shape index (κ1) is 15.6. The fraction of sp³-hybridized carbons (Fsp3) is 0.294. The van der Waals surface area contributed by atoms with Crippen LogP contribution in [0.25, 0.3) is 0 Å². The van der Waals surface area contributed by atoms with Crippen molar-refractivity contribution in [1.82, 2.24) is 5.32 Å². The molecule has 0 radical (unpaired) electrons. The summed E-state index contributed by atoms with van der Waals surface area (Å²) in [6, 6.07) is 8.61. The van der Waals surface area contributed by atoms with Crippen LogP contribution in [0.4, 0.5) is 13.2 Å². The van der Waals surface area contributed by atoms with Gasteiger partial charge in [-0.15, -0.1) is 0 Å². The number of benzene rings is 2. The Morgan fingerprint density at radius 2 is 1.81 bits per heavy atom. The van der Waals surface area contributed by atoms with E-state index in [1.54, 1.807) is 13.0 Å². The van der Waals surface area contributed by atoms with Crippen LogP contribution in [-0.4, -0.2) is 6.54 Å². The van der Waals surface area contributed by atoms with Crippen LogP contribution < -0.4 is 5.32 Å². The van der Waals surface area contributed by atoms with Crippen molar-refractivity contribution in [2.75, 3.05) is 6.54 Å². The van der Waals surface area contributed by atoms with Gasteiger partial charge in [-0.2, -0.15) is 0 Å². The second kappa shape index (κ2) is 6.76. The molecule has 0 aliphatic carbocycles. The van der Waals surface area contributed by atoms with E-state index < -0.39 is 17.7 Å². The molecule has 21 heavy (non-hydrogen) atoms. The van der Waals surface area contributed by atoms with Crippen LogP contribution in [-0.2, 0) is 6.42 Å². The van der Waals surface area contributed by atoms with Gasteiger partial charge in [0.15, 0.2) is 11.6 Å². The summed E-state index contributed by atoms with van der Waals surface area (Å²) in [7, 11) is 0. The predicted molar refractivity (Wildman–Crippen MR) is 77.6 cm³/mol. The highest BCUT2D eigenvalue weighted by atomic mass is 19.2. The summed E-state index contributed by atoms with van der Waals surface area (Å²) in [5.74, 6) is -2.09. The van der Waals surface area contributed by atoms with Gasteiger partial charge in [0.1, 0.15) is 5.82 Å². The standard InChI is InChI=1S/C17H18F3N/c1-3-21-16(13-8-7-11(2)9-15(13)19)10-12-5-4-6-14(18)17(12)20/h4-9,16,21H,3,10H2,1-2H3. The van der Waals surface area contributed by atoms with Crippen molar-refractivity contribution in [2.24, 2.45) is 0 Å². The molecule has 2 rings (SSSR count). The molecule has 0 spiro atoms. The van der Waals surface area contributed by atoms with Crippen molar-refractivity contribution in [3.63, 3.8) is 0 Å². The molecule has 0 bridgehead atoms. The minimum atomic E-state index is -0.882. The summed E-state index contributed by atoms with van der Waals surface area (Å²) in [4.78, 5) is 0. The van der Waals surface area contributed by atoms with Crippen LogP contribution in [0.2, 0.25) is 0 Å². The number of likely N-dealkylation sites (N-methyl/N-ethyl adjacent to an activating group) is 1. The molecule has 0 aromatic heterocycles. The second-order valence-corrected chi connectivity index (χ2v) is 5.05. The Bertz CT molecular complexity index is 625. The lowest BCUT2D eigenvalue weighted by atomic mass is 9.97. The Morgan fingerprint density at radius 3 is 2.48 bits per heavy atom. The van der Waals surface area contributed by atoms with E-state index >= 15 is 0 Å². The first-order chi connectivity index (χ1) is 10.0. The molecule has 4 heteroatoms. The normalized spacial score (nSPS) is 12.4. The minimum Gasteiger partial charge on any atom is -0.310 e. The highest BCUT2D eigenvalue weighted by Gasteiger charge is 2.18. The smallest absolute Gasteiger partial charge is 0.162 e. The van der Waals surface area contributed by atoms with Gasteiger partial charge in [0, 0.05) is 11.6 Å². The van der Waals surface area contributed by atoms with Gasteiger partial charge in [0.2, 0.25) is 0 Å². The zero-order valence-corrected chi connectivity index (χ0v) is 12.1. The fourth-order valence-electron chi connectivity index (χ4n) is 2.38. The van der Waals surface area contributed by atoms with Crippen molar-refractivity contribution in [3.05, 3.63) is 70.5 Å². The van der Waals surface area contributed by atoms with Gasteiger partial charge in [0.25, 0.3) is 0 Å². The first-order valence-electron chi connectivity index (χ1n) is 6.95. The third kappa shape index (κ3) is 3.64. The molecule has 0 amide bonds.